The number of halogens is 1. The van der Waals surface area contributed by atoms with Gasteiger partial charge in [-0.05, 0) is 49.2 Å². The van der Waals surface area contributed by atoms with Crippen LogP contribution in [0, 0.1) is 19.7 Å². The summed E-state index contributed by atoms with van der Waals surface area (Å²) >= 11 is 0. The van der Waals surface area contributed by atoms with E-state index >= 15 is 0 Å². The lowest BCUT2D eigenvalue weighted by molar-refractivity contribution is -0.130. The Morgan fingerprint density at radius 1 is 1.07 bits per heavy atom. The normalized spacial score (nSPS) is 15.0. The van der Waals surface area contributed by atoms with E-state index in [0.29, 0.717) is 26.2 Å². The van der Waals surface area contributed by atoms with Crippen LogP contribution in [-0.4, -0.2) is 51.9 Å². The molecule has 3 rings (SSSR count). The Morgan fingerprint density at radius 3 is 2.43 bits per heavy atom. The summed E-state index contributed by atoms with van der Waals surface area (Å²) in [4.78, 5) is 16.1. The lowest BCUT2D eigenvalue weighted by Gasteiger charge is -2.37. The van der Waals surface area contributed by atoms with Crippen molar-refractivity contribution in [3.05, 3.63) is 59.4 Å². The van der Waals surface area contributed by atoms with Crippen LogP contribution in [0.3, 0.4) is 0 Å². The number of amides is 1. The molecule has 6 nitrogen and oxygen atoms in total. The fourth-order valence-corrected chi connectivity index (χ4v) is 4.27. The van der Waals surface area contributed by atoms with Gasteiger partial charge in [-0.1, -0.05) is 18.2 Å². The predicted octanol–water partition coefficient (Wildman–Crippen LogP) is 2.07. The monoisotopic (exact) mass is 405 g/mol. The highest BCUT2D eigenvalue weighted by atomic mass is 32.2. The molecule has 0 aromatic heterocycles. The molecular formula is C20H24FN3O3S. The highest BCUT2D eigenvalue weighted by molar-refractivity contribution is 7.89. The van der Waals surface area contributed by atoms with E-state index in [2.05, 4.69) is 35.6 Å². The molecule has 0 unspecified atom stereocenters. The molecule has 8 heteroatoms. The zero-order valence-corrected chi connectivity index (χ0v) is 16.8. The Morgan fingerprint density at radius 2 is 1.75 bits per heavy atom. The minimum absolute atomic E-state index is 0.194. The second-order valence-electron chi connectivity index (χ2n) is 6.87. The first-order valence-electron chi connectivity index (χ1n) is 9.12. The van der Waals surface area contributed by atoms with Gasteiger partial charge in [0.25, 0.3) is 0 Å². The van der Waals surface area contributed by atoms with Crippen molar-refractivity contribution < 1.29 is 17.6 Å². The molecule has 1 saturated heterocycles. The second-order valence-corrected chi connectivity index (χ2v) is 8.64. The first kappa shape index (κ1) is 20.3. The van der Waals surface area contributed by atoms with E-state index in [0.717, 1.165) is 6.07 Å². The van der Waals surface area contributed by atoms with Gasteiger partial charge in [0, 0.05) is 31.9 Å². The van der Waals surface area contributed by atoms with Crippen LogP contribution in [-0.2, 0) is 14.8 Å². The number of nitrogens with one attached hydrogen (secondary N) is 1. The van der Waals surface area contributed by atoms with Crippen molar-refractivity contribution in [2.75, 3.05) is 37.6 Å². The van der Waals surface area contributed by atoms with Gasteiger partial charge in [-0.3, -0.25) is 4.79 Å². The van der Waals surface area contributed by atoms with Crippen LogP contribution in [0.4, 0.5) is 10.1 Å². The molecule has 0 aliphatic carbocycles. The molecule has 0 bridgehead atoms. The van der Waals surface area contributed by atoms with Crippen molar-refractivity contribution in [1.82, 2.24) is 9.62 Å². The van der Waals surface area contributed by atoms with Crippen LogP contribution < -0.4 is 9.62 Å². The van der Waals surface area contributed by atoms with Gasteiger partial charge in [0.05, 0.1) is 11.4 Å². The van der Waals surface area contributed by atoms with E-state index in [1.807, 2.05) is 6.07 Å². The molecule has 28 heavy (non-hydrogen) atoms. The Hall–Kier alpha value is -2.45. The Kier molecular flexibility index (Phi) is 6.00. The average Bonchev–Trinajstić information content (AvgIpc) is 2.68. The number of nitrogens with zero attached hydrogens (tertiary/aromatic N) is 2. The molecule has 1 N–H and O–H groups in total. The summed E-state index contributed by atoms with van der Waals surface area (Å²) in [6.07, 6.45) is 0. The molecule has 150 valence electrons. The number of piperazine rings is 1. The average molecular weight is 405 g/mol. The van der Waals surface area contributed by atoms with E-state index in [9.17, 15) is 17.6 Å². The molecule has 0 spiro atoms. The van der Waals surface area contributed by atoms with Gasteiger partial charge in [-0.2, -0.15) is 0 Å². The third-order valence-corrected chi connectivity index (χ3v) is 6.47. The number of sulfonamides is 1. The fourth-order valence-electron chi connectivity index (χ4n) is 3.26. The number of hydrogen-bond donors (Lipinski definition) is 1. The van der Waals surface area contributed by atoms with E-state index in [1.54, 1.807) is 4.90 Å². The largest absolute Gasteiger partial charge is 0.368 e. The number of carbonyl (C=O) groups is 1. The van der Waals surface area contributed by atoms with Crippen molar-refractivity contribution in [3.63, 3.8) is 0 Å². The van der Waals surface area contributed by atoms with Gasteiger partial charge in [0.2, 0.25) is 15.9 Å². The zero-order valence-electron chi connectivity index (χ0n) is 16.0. The summed E-state index contributed by atoms with van der Waals surface area (Å²) in [6, 6.07) is 10.9. The highest BCUT2D eigenvalue weighted by Crippen LogP contribution is 2.23. The van der Waals surface area contributed by atoms with Gasteiger partial charge in [-0.15, -0.1) is 0 Å². The van der Waals surface area contributed by atoms with Crippen molar-refractivity contribution in [3.8, 4) is 0 Å². The Bertz CT molecular complexity index is 970. The molecule has 1 fully saturated rings. The minimum atomic E-state index is -3.93. The summed E-state index contributed by atoms with van der Waals surface area (Å²) in [5, 5.41) is 0. The predicted molar refractivity (Wildman–Crippen MR) is 106 cm³/mol. The smallest absolute Gasteiger partial charge is 0.241 e. The second kappa shape index (κ2) is 8.28. The maximum atomic E-state index is 13.2. The molecule has 0 radical (unpaired) electrons. The number of benzene rings is 2. The topological polar surface area (TPSA) is 69.7 Å². The molecule has 2 aromatic rings. The minimum Gasteiger partial charge on any atom is -0.368 e. The van der Waals surface area contributed by atoms with Crippen molar-refractivity contribution in [2.24, 2.45) is 0 Å². The van der Waals surface area contributed by atoms with Crippen LogP contribution in [0.1, 0.15) is 11.1 Å². The van der Waals surface area contributed by atoms with Crippen molar-refractivity contribution >= 4 is 21.6 Å². The maximum absolute atomic E-state index is 13.2. The molecule has 1 heterocycles. The zero-order chi connectivity index (χ0) is 20.3. The number of hydrogen-bond acceptors (Lipinski definition) is 4. The van der Waals surface area contributed by atoms with Gasteiger partial charge in [0.15, 0.2) is 0 Å². The molecule has 1 aliphatic heterocycles. The number of rotatable bonds is 5. The summed E-state index contributed by atoms with van der Waals surface area (Å²) in [5.74, 6) is -0.933. The SMILES string of the molecule is Cc1cccc(N2CCN(C(=O)CNS(=O)(=O)c3cccc(F)c3)CC2)c1C. The van der Waals surface area contributed by atoms with Gasteiger partial charge in [-0.25, -0.2) is 17.5 Å². The van der Waals surface area contributed by atoms with E-state index in [4.69, 9.17) is 0 Å². The summed E-state index contributed by atoms with van der Waals surface area (Å²) < 4.78 is 39.9. The summed E-state index contributed by atoms with van der Waals surface area (Å²) in [7, 11) is -3.93. The third kappa shape index (κ3) is 4.51. The Labute approximate surface area is 165 Å². The Balaban J connectivity index is 1.56. The summed E-state index contributed by atoms with van der Waals surface area (Å²) in [5.41, 5.74) is 3.62. The quantitative estimate of drug-likeness (QED) is 0.827. The fraction of sp³-hybridized carbons (Fsp3) is 0.350. The molecule has 1 aliphatic rings. The van der Waals surface area contributed by atoms with Crippen LogP contribution in [0.5, 0.6) is 0 Å². The number of aryl methyl sites for hydroxylation is 1. The third-order valence-electron chi connectivity index (χ3n) is 5.07. The number of anilines is 1. The van der Waals surface area contributed by atoms with E-state index < -0.39 is 15.8 Å². The molecular weight excluding hydrogens is 381 g/mol. The van der Waals surface area contributed by atoms with E-state index in [-0.39, 0.29) is 17.3 Å². The standard InChI is InChI=1S/C20H24FN3O3S/c1-15-5-3-8-19(16(15)2)23-9-11-24(12-10-23)20(25)14-22-28(26,27)18-7-4-6-17(21)13-18/h3-8,13,22H,9-12,14H2,1-2H3. The lowest BCUT2D eigenvalue weighted by atomic mass is 10.1. The molecule has 1 amide bonds. The summed E-state index contributed by atoms with van der Waals surface area (Å²) in [6.45, 7) is 6.23. The van der Waals surface area contributed by atoms with E-state index in [1.165, 1.54) is 35.0 Å². The highest BCUT2D eigenvalue weighted by Gasteiger charge is 2.24. The maximum Gasteiger partial charge on any atom is 0.241 e. The first-order valence-corrected chi connectivity index (χ1v) is 10.6. The molecule has 0 atom stereocenters. The van der Waals surface area contributed by atoms with Gasteiger partial charge >= 0.3 is 0 Å². The van der Waals surface area contributed by atoms with Gasteiger partial charge in [0.1, 0.15) is 5.82 Å². The van der Waals surface area contributed by atoms with Crippen LogP contribution in [0.15, 0.2) is 47.4 Å². The van der Waals surface area contributed by atoms with Crippen molar-refractivity contribution in [1.29, 1.82) is 0 Å². The molecule has 2 aromatic carbocycles. The van der Waals surface area contributed by atoms with Crippen molar-refractivity contribution in [2.45, 2.75) is 18.7 Å². The van der Waals surface area contributed by atoms with Crippen LogP contribution in [0.2, 0.25) is 0 Å². The molecule has 0 saturated carbocycles. The first-order chi connectivity index (χ1) is 13.3. The lowest BCUT2D eigenvalue weighted by Crippen LogP contribution is -2.51. The van der Waals surface area contributed by atoms with Crippen LogP contribution in [0.25, 0.3) is 0 Å². The number of carbonyl (C=O) groups excluding carboxylic acids is 1. The van der Waals surface area contributed by atoms with Crippen LogP contribution >= 0.6 is 0 Å². The van der Waals surface area contributed by atoms with Gasteiger partial charge < -0.3 is 9.80 Å².